The van der Waals surface area contributed by atoms with Gasteiger partial charge in [-0.2, -0.15) is 26.3 Å². The second kappa shape index (κ2) is 9.11. The average Bonchev–Trinajstić information content (AvgIpc) is 3.36. The molecule has 0 bridgehead atoms. The van der Waals surface area contributed by atoms with Crippen molar-refractivity contribution in [3.05, 3.63) is 70.5 Å². The second-order valence-electron chi connectivity index (χ2n) is 9.50. The van der Waals surface area contributed by atoms with Crippen LogP contribution in [0.4, 0.5) is 30.7 Å². The standard InChI is InChI=1S/C25H24F7NO2/c1-23(20-6-7-21(34)33-20)9-8-19(22(23)15-2-4-18(26)5-3-15)35-13-14-10-16(24(27,28)29)12-17(11-14)25(30,31)32/h2-5,10-12,19-20,22H,6-9,13H2,1H3,(H,33,34)/t19-,20?,22+,23-/m0/s1. The van der Waals surface area contributed by atoms with Gasteiger partial charge in [0.2, 0.25) is 5.91 Å². The van der Waals surface area contributed by atoms with Crippen LogP contribution in [0.25, 0.3) is 0 Å². The Morgan fingerprint density at radius 1 is 0.971 bits per heavy atom. The van der Waals surface area contributed by atoms with Gasteiger partial charge >= 0.3 is 12.4 Å². The molecule has 4 rings (SSSR count). The van der Waals surface area contributed by atoms with E-state index in [-0.39, 0.29) is 29.5 Å². The molecule has 0 aromatic heterocycles. The van der Waals surface area contributed by atoms with E-state index in [4.69, 9.17) is 4.74 Å². The van der Waals surface area contributed by atoms with Crippen LogP contribution >= 0.6 is 0 Å². The zero-order valence-corrected chi connectivity index (χ0v) is 18.8. The van der Waals surface area contributed by atoms with Gasteiger partial charge in [0.1, 0.15) is 5.82 Å². The third kappa shape index (κ3) is 5.32. The Morgan fingerprint density at radius 3 is 2.09 bits per heavy atom. The van der Waals surface area contributed by atoms with Gasteiger partial charge in [0.25, 0.3) is 0 Å². The Hall–Kier alpha value is -2.62. The first kappa shape index (κ1) is 25.5. The number of rotatable bonds is 5. The van der Waals surface area contributed by atoms with Crippen LogP contribution in [0.5, 0.6) is 0 Å². The predicted molar refractivity (Wildman–Crippen MR) is 113 cm³/mol. The fraction of sp³-hybridized carbons (Fsp3) is 0.480. The van der Waals surface area contributed by atoms with E-state index in [0.717, 1.165) is 5.56 Å². The lowest BCUT2D eigenvalue weighted by molar-refractivity contribution is -0.143. The predicted octanol–water partition coefficient (Wildman–Crippen LogP) is 6.61. The summed E-state index contributed by atoms with van der Waals surface area (Å²) >= 11 is 0. The van der Waals surface area contributed by atoms with Gasteiger partial charge in [-0.1, -0.05) is 19.1 Å². The van der Waals surface area contributed by atoms with E-state index < -0.39 is 47.4 Å². The number of ether oxygens (including phenoxy) is 1. The Balaban J connectivity index is 1.63. The highest BCUT2D eigenvalue weighted by Gasteiger charge is 2.52. The molecule has 2 aromatic carbocycles. The van der Waals surface area contributed by atoms with Crippen LogP contribution < -0.4 is 5.32 Å². The zero-order chi connectivity index (χ0) is 25.6. The molecule has 1 N–H and O–H groups in total. The lowest BCUT2D eigenvalue weighted by Crippen LogP contribution is -2.44. The Bertz CT molecular complexity index is 1050. The smallest absolute Gasteiger partial charge is 0.373 e. The van der Waals surface area contributed by atoms with Crippen LogP contribution in [0, 0.1) is 11.2 Å². The summed E-state index contributed by atoms with van der Waals surface area (Å²) in [5.74, 6) is -0.870. The van der Waals surface area contributed by atoms with Crippen LogP contribution in [0.3, 0.4) is 0 Å². The van der Waals surface area contributed by atoms with Crippen molar-refractivity contribution in [3.8, 4) is 0 Å². The number of hydrogen-bond acceptors (Lipinski definition) is 2. The van der Waals surface area contributed by atoms with Crippen molar-refractivity contribution in [2.45, 2.75) is 69.6 Å². The monoisotopic (exact) mass is 503 g/mol. The molecule has 1 aliphatic heterocycles. The van der Waals surface area contributed by atoms with E-state index in [1.54, 1.807) is 12.1 Å². The molecule has 4 atom stereocenters. The molecule has 1 amide bonds. The van der Waals surface area contributed by atoms with Crippen molar-refractivity contribution in [2.75, 3.05) is 0 Å². The van der Waals surface area contributed by atoms with Gasteiger partial charge in [0.15, 0.2) is 0 Å². The maximum Gasteiger partial charge on any atom is 0.416 e. The van der Waals surface area contributed by atoms with E-state index in [1.807, 2.05) is 6.92 Å². The number of hydrogen-bond donors (Lipinski definition) is 1. The van der Waals surface area contributed by atoms with Crippen LogP contribution in [-0.4, -0.2) is 18.1 Å². The SMILES string of the molecule is C[C@@]1(C2CCC(=O)N2)CC[C@H](OCc2cc(C(F)(F)F)cc(C(F)(F)F)c2)[C@H]1c1ccc(F)cc1. The van der Waals surface area contributed by atoms with Crippen LogP contribution in [0.1, 0.15) is 60.8 Å². The van der Waals surface area contributed by atoms with Gasteiger partial charge in [-0.05, 0) is 66.1 Å². The van der Waals surface area contributed by atoms with Crippen molar-refractivity contribution in [1.29, 1.82) is 0 Å². The van der Waals surface area contributed by atoms with Crippen LogP contribution in [-0.2, 0) is 28.5 Å². The molecule has 2 fully saturated rings. The highest BCUT2D eigenvalue weighted by molar-refractivity contribution is 5.78. The Morgan fingerprint density at radius 2 is 1.57 bits per heavy atom. The van der Waals surface area contributed by atoms with Gasteiger partial charge in [0, 0.05) is 18.4 Å². The summed E-state index contributed by atoms with van der Waals surface area (Å²) in [6.45, 7) is 1.52. The largest absolute Gasteiger partial charge is 0.416 e. The molecule has 0 radical (unpaired) electrons. The molecule has 0 spiro atoms. The van der Waals surface area contributed by atoms with Crippen molar-refractivity contribution < 1.29 is 40.3 Å². The number of nitrogens with one attached hydrogen (secondary N) is 1. The summed E-state index contributed by atoms with van der Waals surface area (Å²) < 4.78 is 98.9. The van der Waals surface area contributed by atoms with Gasteiger partial charge in [-0.3, -0.25) is 4.79 Å². The minimum absolute atomic E-state index is 0.0814. The summed E-state index contributed by atoms with van der Waals surface area (Å²) in [4.78, 5) is 11.9. The summed E-state index contributed by atoms with van der Waals surface area (Å²) in [6.07, 6.45) is -8.38. The van der Waals surface area contributed by atoms with Gasteiger partial charge in [-0.15, -0.1) is 0 Å². The molecule has 3 nitrogen and oxygen atoms in total. The first-order chi connectivity index (χ1) is 16.3. The van der Waals surface area contributed by atoms with Gasteiger partial charge < -0.3 is 10.1 Å². The number of amides is 1. The minimum atomic E-state index is -4.95. The molecule has 1 heterocycles. The number of halogens is 7. The van der Waals surface area contributed by atoms with E-state index >= 15 is 0 Å². The molecule has 10 heteroatoms. The van der Waals surface area contributed by atoms with Crippen molar-refractivity contribution in [1.82, 2.24) is 5.32 Å². The summed E-state index contributed by atoms with van der Waals surface area (Å²) in [6, 6.07) is 7.01. The lowest BCUT2D eigenvalue weighted by Gasteiger charge is -2.39. The Labute approximate surface area is 197 Å². The first-order valence-corrected chi connectivity index (χ1v) is 11.2. The van der Waals surface area contributed by atoms with Crippen LogP contribution in [0.15, 0.2) is 42.5 Å². The minimum Gasteiger partial charge on any atom is -0.373 e. The van der Waals surface area contributed by atoms with E-state index in [0.29, 0.717) is 37.8 Å². The lowest BCUT2D eigenvalue weighted by atomic mass is 9.69. The highest BCUT2D eigenvalue weighted by Crippen LogP contribution is 2.54. The maximum atomic E-state index is 13.6. The Kier molecular flexibility index (Phi) is 6.63. The number of alkyl halides is 6. The van der Waals surface area contributed by atoms with Gasteiger partial charge in [0.05, 0.1) is 23.8 Å². The van der Waals surface area contributed by atoms with Crippen molar-refractivity contribution in [3.63, 3.8) is 0 Å². The molecule has 1 unspecified atom stereocenters. The molecule has 190 valence electrons. The van der Waals surface area contributed by atoms with Crippen LogP contribution in [0.2, 0.25) is 0 Å². The third-order valence-corrected chi connectivity index (χ3v) is 7.18. The molecular formula is C25H24F7NO2. The molecule has 1 saturated heterocycles. The fourth-order valence-electron chi connectivity index (χ4n) is 5.45. The zero-order valence-electron chi connectivity index (χ0n) is 18.8. The normalized spacial score (nSPS) is 27.3. The molecular weight excluding hydrogens is 479 g/mol. The summed E-state index contributed by atoms with van der Waals surface area (Å²) in [7, 11) is 0. The quantitative estimate of drug-likeness (QED) is 0.467. The number of carbonyl (C=O) groups is 1. The summed E-state index contributed by atoms with van der Waals surface area (Å²) in [5.41, 5.74) is -2.79. The summed E-state index contributed by atoms with van der Waals surface area (Å²) in [5, 5.41) is 2.97. The molecule has 2 aliphatic rings. The first-order valence-electron chi connectivity index (χ1n) is 11.2. The molecule has 2 aromatic rings. The number of benzene rings is 2. The third-order valence-electron chi connectivity index (χ3n) is 7.18. The van der Waals surface area contributed by atoms with E-state index in [2.05, 4.69) is 5.32 Å². The molecule has 35 heavy (non-hydrogen) atoms. The topological polar surface area (TPSA) is 38.3 Å². The fourth-order valence-corrected chi connectivity index (χ4v) is 5.45. The molecule has 1 saturated carbocycles. The highest BCUT2D eigenvalue weighted by atomic mass is 19.4. The van der Waals surface area contributed by atoms with Crippen molar-refractivity contribution in [2.24, 2.45) is 5.41 Å². The number of carbonyl (C=O) groups excluding carboxylic acids is 1. The van der Waals surface area contributed by atoms with E-state index in [1.165, 1.54) is 12.1 Å². The van der Waals surface area contributed by atoms with Gasteiger partial charge in [-0.25, -0.2) is 4.39 Å². The van der Waals surface area contributed by atoms with Crippen molar-refractivity contribution >= 4 is 5.91 Å². The van der Waals surface area contributed by atoms with E-state index in [9.17, 15) is 35.5 Å². The second-order valence-corrected chi connectivity index (χ2v) is 9.50. The maximum absolute atomic E-state index is 13.6. The average molecular weight is 503 g/mol. The molecule has 1 aliphatic carbocycles.